The van der Waals surface area contributed by atoms with E-state index in [1.165, 1.54) is 24.3 Å². The molecule has 0 saturated heterocycles. The molecule has 2 amide bonds. The predicted molar refractivity (Wildman–Crippen MR) is 81.5 cm³/mol. The predicted octanol–water partition coefficient (Wildman–Crippen LogP) is 2.96. The number of hydrogen-bond donors (Lipinski definition) is 2. The molecule has 2 N–H and O–H groups in total. The number of rotatable bonds is 4. The Morgan fingerprint density at radius 2 is 1.71 bits per heavy atom. The third kappa shape index (κ3) is 4.39. The van der Waals surface area contributed by atoms with E-state index in [2.05, 4.69) is 26.6 Å². The molecule has 6 heteroatoms. The van der Waals surface area contributed by atoms with Crippen LogP contribution < -0.4 is 10.6 Å². The normalized spacial score (nSPS) is 10.0. The molecule has 0 unspecified atom stereocenters. The van der Waals surface area contributed by atoms with Crippen molar-refractivity contribution in [2.24, 2.45) is 0 Å². The van der Waals surface area contributed by atoms with Crippen LogP contribution in [0.25, 0.3) is 0 Å². The van der Waals surface area contributed by atoms with Crippen molar-refractivity contribution in [1.82, 2.24) is 5.32 Å². The number of benzene rings is 2. The fraction of sp³-hybridized carbons (Fsp3) is 0.0667. The van der Waals surface area contributed by atoms with Gasteiger partial charge in [0.2, 0.25) is 5.91 Å². The second-order valence-corrected chi connectivity index (χ2v) is 5.07. The van der Waals surface area contributed by atoms with E-state index in [4.69, 9.17) is 0 Å². The van der Waals surface area contributed by atoms with E-state index >= 15 is 0 Å². The lowest BCUT2D eigenvalue weighted by Gasteiger charge is -2.08. The maximum absolute atomic E-state index is 12.7. The SMILES string of the molecule is O=C(CNC(=O)c1ccccc1Br)Nc1ccc(F)cc1. The smallest absolute Gasteiger partial charge is 0.252 e. The molecule has 0 bridgehead atoms. The molecular weight excluding hydrogens is 339 g/mol. The molecule has 0 aliphatic heterocycles. The molecule has 2 aromatic rings. The van der Waals surface area contributed by atoms with Crippen LogP contribution in [0.15, 0.2) is 53.0 Å². The van der Waals surface area contributed by atoms with Crippen molar-refractivity contribution in [3.63, 3.8) is 0 Å². The topological polar surface area (TPSA) is 58.2 Å². The minimum absolute atomic E-state index is 0.169. The number of anilines is 1. The lowest BCUT2D eigenvalue weighted by atomic mass is 10.2. The second kappa shape index (κ2) is 6.99. The van der Waals surface area contributed by atoms with Crippen molar-refractivity contribution in [1.29, 1.82) is 0 Å². The molecule has 0 atom stereocenters. The van der Waals surface area contributed by atoms with Crippen molar-refractivity contribution in [3.05, 3.63) is 64.4 Å². The average Bonchev–Trinajstić information content (AvgIpc) is 2.48. The standard InChI is InChI=1S/C15H12BrFN2O2/c16-13-4-2-1-3-12(13)15(21)18-9-14(20)19-11-7-5-10(17)6-8-11/h1-8H,9H2,(H,18,21)(H,19,20). The highest BCUT2D eigenvalue weighted by atomic mass is 79.9. The number of hydrogen-bond acceptors (Lipinski definition) is 2. The maximum Gasteiger partial charge on any atom is 0.252 e. The number of halogens is 2. The van der Waals surface area contributed by atoms with Crippen molar-refractivity contribution < 1.29 is 14.0 Å². The lowest BCUT2D eigenvalue weighted by Crippen LogP contribution is -2.33. The Hall–Kier alpha value is -2.21. The summed E-state index contributed by atoms with van der Waals surface area (Å²) in [4.78, 5) is 23.6. The van der Waals surface area contributed by atoms with Crippen LogP contribution in [0, 0.1) is 5.82 Å². The van der Waals surface area contributed by atoms with Crippen LogP contribution in [0.3, 0.4) is 0 Å². The monoisotopic (exact) mass is 350 g/mol. The molecule has 0 aromatic heterocycles. The summed E-state index contributed by atoms with van der Waals surface area (Å²) in [7, 11) is 0. The zero-order chi connectivity index (χ0) is 15.2. The Morgan fingerprint density at radius 3 is 2.38 bits per heavy atom. The van der Waals surface area contributed by atoms with Gasteiger partial charge in [-0.2, -0.15) is 0 Å². The van der Waals surface area contributed by atoms with Crippen molar-refractivity contribution >= 4 is 33.4 Å². The number of carbonyl (C=O) groups is 2. The average molecular weight is 351 g/mol. The van der Waals surface area contributed by atoms with Crippen LogP contribution in [0.5, 0.6) is 0 Å². The van der Waals surface area contributed by atoms with Gasteiger partial charge in [-0.15, -0.1) is 0 Å². The van der Waals surface area contributed by atoms with Crippen LogP contribution in [-0.2, 0) is 4.79 Å². The van der Waals surface area contributed by atoms with Crippen LogP contribution >= 0.6 is 15.9 Å². The summed E-state index contributed by atoms with van der Waals surface area (Å²) < 4.78 is 13.4. The van der Waals surface area contributed by atoms with Gasteiger partial charge in [0, 0.05) is 10.2 Å². The molecule has 0 heterocycles. The summed E-state index contributed by atoms with van der Waals surface area (Å²) in [6, 6.07) is 12.3. The van der Waals surface area contributed by atoms with E-state index in [9.17, 15) is 14.0 Å². The lowest BCUT2D eigenvalue weighted by molar-refractivity contribution is -0.115. The zero-order valence-corrected chi connectivity index (χ0v) is 12.5. The summed E-state index contributed by atoms with van der Waals surface area (Å²) in [5, 5.41) is 5.07. The Labute approximate surface area is 129 Å². The Kier molecular flexibility index (Phi) is 5.05. The molecule has 0 radical (unpaired) electrons. The molecule has 4 nitrogen and oxygen atoms in total. The van der Waals surface area contributed by atoms with Crippen LogP contribution in [-0.4, -0.2) is 18.4 Å². The first-order valence-corrected chi connectivity index (χ1v) is 6.94. The van der Waals surface area contributed by atoms with E-state index in [0.717, 1.165) is 0 Å². The molecule has 0 aliphatic carbocycles. The summed E-state index contributed by atoms with van der Waals surface area (Å²) in [5.74, 6) is -1.12. The zero-order valence-electron chi connectivity index (χ0n) is 10.9. The highest BCUT2D eigenvalue weighted by Crippen LogP contribution is 2.15. The first-order chi connectivity index (χ1) is 10.1. The van der Waals surface area contributed by atoms with Crippen LogP contribution in [0.2, 0.25) is 0 Å². The Morgan fingerprint density at radius 1 is 1.05 bits per heavy atom. The molecule has 0 aliphatic rings. The van der Waals surface area contributed by atoms with Gasteiger partial charge in [-0.1, -0.05) is 12.1 Å². The molecule has 2 aromatic carbocycles. The fourth-order valence-corrected chi connectivity index (χ4v) is 2.10. The van der Waals surface area contributed by atoms with Gasteiger partial charge in [-0.05, 0) is 52.3 Å². The third-order valence-electron chi connectivity index (χ3n) is 2.66. The van der Waals surface area contributed by atoms with Crippen molar-refractivity contribution in [3.8, 4) is 0 Å². The quantitative estimate of drug-likeness (QED) is 0.890. The summed E-state index contributed by atoms with van der Waals surface area (Å²) in [5.41, 5.74) is 0.920. The third-order valence-corrected chi connectivity index (χ3v) is 3.35. The largest absolute Gasteiger partial charge is 0.343 e. The number of carbonyl (C=O) groups excluding carboxylic acids is 2. The van der Waals surface area contributed by atoms with Gasteiger partial charge in [0.15, 0.2) is 0 Å². The van der Waals surface area contributed by atoms with Gasteiger partial charge in [-0.3, -0.25) is 9.59 Å². The minimum atomic E-state index is -0.387. The van der Waals surface area contributed by atoms with Gasteiger partial charge in [0.1, 0.15) is 5.82 Å². The van der Waals surface area contributed by atoms with Gasteiger partial charge in [0.25, 0.3) is 5.91 Å². The maximum atomic E-state index is 12.7. The summed E-state index contributed by atoms with van der Waals surface area (Å²) in [6.45, 7) is -0.169. The first kappa shape index (κ1) is 15.2. The van der Waals surface area contributed by atoms with Gasteiger partial charge in [-0.25, -0.2) is 4.39 Å². The number of amides is 2. The van der Waals surface area contributed by atoms with Crippen LogP contribution in [0.4, 0.5) is 10.1 Å². The fourth-order valence-electron chi connectivity index (χ4n) is 1.64. The summed E-state index contributed by atoms with van der Waals surface area (Å²) >= 11 is 3.27. The Balaban J connectivity index is 1.88. The minimum Gasteiger partial charge on any atom is -0.343 e. The van der Waals surface area contributed by atoms with Gasteiger partial charge in [0.05, 0.1) is 12.1 Å². The molecule has 2 rings (SSSR count). The summed E-state index contributed by atoms with van der Waals surface area (Å²) in [6.07, 6.45) is 0. The van der Waals surface area contributed by atoms with E-state index in [1.807, 2.05) is 0 Å². The molecule has 0 spiro atoms. The molecule has 0 saturated carbocycles. The molecular formula is C15H12BrFN2O2. The van der Waals surface area contributed by atoms with E-state index in [1.54, 1.807) is 24.3 Å². The van der Waals surface area contributed by atoms with E-state index in [0.29, 0.717) is 15.7 Å². The first-order valence-electron chi connectivity index (χ1n) is 6.14. The van der Waals surface area contributed by atoms with Gasteiger partial charge >= 0.3 is 0 Å². The van der Waals surface area contributed by atoms with Crippen molar-refractivity contribution in [2.75, 3.05) is 11.9 Å². The Bertz CT molecular complexity index is 659. The molecule has 108 valence electrons. The highest BCUT2D eigenvalue weighted by molar-refractivity contribution is 9.10. The molecule has 0 fully saturated rings. The second-order valence-electron chi connectivity index (χ2n) is 4.22. The number of nitrogens with one attached hydrogen (secondary N) is 2. The van der Waals surface area contributed by atoms with Crippen molar-refractivity contribution in [2.45, 2.75) is 0 Å². The van der Waals surface area contributed by atoms with Gasteiger partial charge < -0.3 is 10.6 Å². The molecule has 21 heavy (non-hydrogen) atoms. The van der Waals surface area contributed by atoms with Crippen LogP contribution in [0.1, 0.15) is 10.4 Å². The highest BCUT2D eigenvalue weighted by Gasteiger charge is 2.10. The van der Waals surface area contributed by atoms with E-state index < -0.39 is 0 Å². The van der Waals surface area contributed by atoms with E-state index in [-0.39, 0.29) is 24.2 Å².